The lowest BCUT2D eigenvalue weighted by Crippen LogP contribution is -2.39. The molecular formula is C14H17F3N6O. The third-order valence-corrected chi connectivity index (χ3v) is 4.13. The van der Waals surface area contributed by atoms with Crippen LogP contribution in [0.4, 0.5) is 13.2 Å². The monoisotopic (exact) mass is 342 g/mol. The van der Waals surface area contributed by atoms with Crippen LogP contribution in [0.15, 0.2) is 18.5 Å². The Morgan fingerprint density at radius 3 is 2.92 bits per heavy atom. The van der Waals surface area contributed by atoms with E-state index in [1.165, 1.54) is 6.20 Å². The van der Waals surface area contributed by atoms with Gasteiger partial charge in [-0.15, -0.1) is 5.10 Å². The Morgan fingerprint density at radius 2 is 2.25 bits per heavy atom. The molecule has 3 heterocycles. The number of nitrogens with zero attached hydrogens (tertiary/aromatic N) is 5. The van der Waals surface area contributed by atoms with Gasteiger partial charge in [0.15, 0.2) is 5.69 Å². The Morgan fingerprint density at radius 1 is 1.42 bits per heavy atom. The molecule has 130 valence electrons. The SMILES string of the molecule is O=C(CCn1ccnn1)N1CCC[C@@H](c2cc(C(F)(F)F)n[nH]2)C1. The zero-order chi connectivity index (χ0) is 17.2. The van der Waals surface area contributed by atoms with E-state index in [0.29, 0.717) is 25.3 Å². The smallest absolute Gasteiger partial charge is 0.342 e. The van der Waals surface area contributed by atoms with Crippen LogP contribution in [0.5, 0.6) is 0 Å². The maximum absolute atomic E-state index is 12.6. The molecule has 0 aliphatic carbocycles. The molecule has 1 amide bonds. The van der Waals surface area contributed by atoms with Gasteiger partial charge in [-0.05, 0) is 18.9 Å². The minimum atomic E-state index is -4.46. The summed E-state index contributed by atoms with van der Waals surface area (Å²) in [6.45, 7) is 1.45. The summed E-state index contributed by atoms with van der Waals surface area (Å²) in [7, 11) is 0. The average molecular weight is 342 g/mol. The van der Waals surface area contributed by atoms with E-state index in [-0.39, 0.29) is 18.2 Å². The number of alkyl halides is 3. The number of amides is 1. The Hall–Kier alpha value is -2.39. The fourth-order valence-electron chi connectivity index (χ4n) is 2.87. The number of carbonyl (C=O) groups is 1. The molecular weight excluding hydrogens is 325 g/mol. The summed E-state index contributed by atoms with van der Waals surface area (Å²) < 4.78 is 39.5. The second-order valence-corrected chi connectivity index (χ2v) is 5.80. The summed E-state index contributed by atoms with van der Waals surface area (Å²) in [4.78, 5) is 14.0. The highest BCUT2D eigenvalue weighted by atomic mass is 19.4. The van der Waals surface area contributed by atoms with Crippen molar-refractivity contribution in [1.82, 2.24) is 30.1 Å². The number of hydrogen-bond acceptors (Lipinski definition) is 4. The molecule has 0 aromatic carbocycles. The van der Waals surface area contributed by atoms with Crippen molar-refractivity contribution in [2.24, 2.45) is 0 Å². The molecule has 0 radical (unpaired) electrons. The highest BCUT2D eigenvalue weighted by molar-refractivity contribution is 5.76. The fourth-order valence-corrected chi connectivity index (χ4v) is 2.87. The highest BCUT2D eigenvalue weighted by Crippen LogP contribution is 2.32. The van der Waals surface area contributed by atoms with Crippen molar-refractivity contribution < 1.29 is 18.0 Å². The van der Waals surface area contributed by atoms with Gasteiger partial charge >= 0.3 is 6.18 Å². The predicted octanol–water partition coefficient (Wildman–Crippen LogP) is 1.82. The van der Waals surface area contributed by atoms with E-state index in [1.807, 2.05) is 0 Å². The van der Waals surface area contributed by atoms with Crippen LogP contribution in [0, 0.1) is 0 Å². The molecule has 7 nitrogen and oxygen atoms in total. The summed E-state index contributed by atoms with van der Waals surface area (Å²) in [5.41, 5.74) is -0.497. The van der Waals surface area contributed by atoms with Crippen molar-refractivity contribution in [2.45, 2.75) is 37.9 Å². The van der Waals surface area contributed by atoms with Gasteiger partial charge in [0, 0.05) is 37.3 Å². The third-order valence-electron chi connectivity index (χ3n) is 4.13. The Kier molecular flexibility index (Phi) is 4.54. The molecule has 1 aliphatic rings. The molecule has 10 heteroatoms. The minimum Gasteiger partial charge on any atom is -0.342 e. The van der Waals surface area contributed by atoms with Crippen molar-refractivity contribution in [1.29, 1.82) is 0 Å². The summed E-state index contributed by atoms with van der Waals surface area (Å²) in [6.07, 6.45) is 0.517. The largest absolute Gasteiger partial charge is 0.435 e. The topological polar surface area (TPSA) is 79.7 Å². The van der Waals surface area contributed by atoms with E-state index in [4.69, 9.17) is 0 Å². The fraction of sp³-hybridized carbons (Fsp3) is 0.571. The lowest BCUT2D eigenvalue weighted by molar-refractivity contribution is -0.141. The average Bonchev–Trinajstić information content (AvgIpc) is 3.23. The molecule has 1 fully saturated rings. The number of aromatic nitrogens is 5. The van der Waals surface area contributed by atoms with Gasteiger partial charge in [-0.2, -0.15) is 18.3 Å². The number of halogens is 3. The maximum Gasteiger partial charge on any atom is 0.435 e. The van der Waals surface area contributed by atoms with Gasteiger partial charge in [0.1, 0.15) is 0 Å². The number of H-pyrrole nitrogens is 1. The van der Waals surface area contributed by atoms with Gasteiger partial charge in [-0.1, -0.05) is 5.21 Å². The van der Waals surface area contributed by atoms with E-state index >= 15 is 0 Å². The van der Waals surface area contributed by atoms with Gasteiger partial charge in [0.25, 0.3) is 0 Å². The van der Waals surface area contributed by atoms with Crippen molar-refractivity contribution in [3.8, 4) is 0 Å². The van der Waals surface area contributed by atoms with E-state index < -0.39 is 11.9 Å². The van der Waals surface area contributed by atoms with Crippen LogP contribution in [0.3, 0.4) is 0 Å². The number of carbonyl (C=O) groups excluding carboxylic acids is 1. The first kappa shape index (κ1) is 16.5. The highest BCUT2D eigenvalue weighted by Gasteiger charge is 2.35. The molecule has 3 rings (SSSR count). The maximum atomic E-state index is 12.6. The number of hydrogen-bond donors (Lipinski definition) is 1. The standard InChI is InChI=1S/C14H17F3N6O/c15-14(16,17)12-8-11(19-20-12)10-2-1-5-22(9-10)13(24)3-6-23-7-4-18-21-23/h4,7-8,10H,1-3,5-6,9H2,(H,19,20)/t10-/m1/s1. The molecule has 1 saturated heterocycles. The summed E-state index contributed by atoms with van der Waals surface area (Å²) in [5, 5.41) is 13.3. The number of aryl methyl sites for hydroxylation is 1. The molecule has 2 aromatic heterocycles. The Labute approximate surface area is 135 Å². The van der Waals surface area contributed by atoms with Crippen molar-refractivity contribution >= 4 is 5.91 Å². The van der Waals surface area contributed by atoms with Gasteiger partial charge < -0.3 is 4.90 Å². The van der Waals surface area contributed by atoms with E-state index in [0.717, 1.165) is 18.9 Å². The predicted molar refractivity (Wildman–Crippen MR) is 76.8 cm³/mol. The first-order valence-electron chi connectivity index (χ1n) is 7.68. The number of aromatic amines is 1. The second-order valence-electron chi connectivity index (χ2n) is 5.80. The summed E-state index contributed by atoms with van der Waals surface area (Å²) in [5.74, 6) is -0.191. The lowest BCUT2D eigenvalue weighted by Gasteiger charge is -2.32. The van der Waals surface area contributed by atoms with Gasteiger partial charge in [0.2, 0.25) is 5.91 Å². The van der Waals surface area contributed by atoms with E-state index in [9.17, 15) is 18.0 Å². The first-order chi connectivity index (χ1) is 11.4. The van der Waals surface area contributed by atoms with Crippen molar-refractivity contribution in [2.75, 3.05) is 13.1 Å². The van der Waals surface area contributed by atoms with Crippen LogP contribution in [0.25, 0.3) is 0 Å². The lowest BCUT2D eigenvalue weighted by atomic mass is 9.94. The van der Waals surface area contributed by atoms with Gasteiger partial charge in [-0.25, -0.2) is 0 Å². The molecule has 2 aromatic rings. The van der Waals surface area contributed by atoms with E-state index in [2.05, 4.69) is 20.5 Å². The number of nitrogens with one attached hydrogen (secondary N) is 1. The van der Waals surface area contributed by atoms with Crippen LogP contribution in [0.1, 0.15) is 36.6 Å². The van der Waals surface area contributed by atoms with Gasteiger partial charge in [-0.3, -0.25) is 14.6 Å². The normalized spacial score (nSPS) is 18.8. The van der Waals surface area contributed by atoms with E-state index in [1.54, 1.807) is 15.8 Å². The molecule has 24 heavy (non-hydrogen) atoms. The number of rotatable bonds is 4. The number of piperidine rings is 1. The zero-order valence-electron chi connectivity index (χ0n) is 12.8. The molecule has 0 bridgehead atoms. The first-order valence-corrected chi connectivity index (χ1v) is 7.68. The van der Waals surface area contributed by atoms with Gasteiger partial charge in [0.05, 0.1) is 12.7 Å². The molecule has 0 unspecified atom stereocenters. The van der Waals surface area contributed by atoms with Crippen LogP contribution in [-0.4, -0.2) is 49.1 Å². The van der Waals surface area contributed by atoms with Crippen molar-refractivity contribution in [3.63, 3.8) is 0 Å². The quantitative estimate of drug-likeness (QED) is 0.919. The van der Waals surface area contributed by atoms with Crippen molar-refractivity contribution in [3.05, 3.63) is 29.8 Å². The molecule has 1 atom stereocenters. The summed E-state index contributed by atoms with van der Waals surface area (Å²) >= 11 is 0. The van der Waals surface area contributed by atoms with Crippen LogP contribution in [-0.2, 0) is 17.5 Å². The minimum absolute atomic E-state index is 0.0363. The molecule has 0 spiro atoms. The number of likely N-dealkylation sites (tertiary alicyclic amines) is 1. The Balaban J connectivity index is 1.59. The Bertz CT molecular complexity index is 681. The molecule has 1 N–H and O–H groups in total. The van der Waals surface area contributed by atoms with Crippen LogP contribution >= 0.6 is 0 Å². The second kappa shape index (κ2) is 6.62. The summed E-state index contributed by atoms with van der Waals surface area (Å²) in [6, 6.07) is 1.04. The van der Waals surface area contributed by atoms with Crippen LogP contribution < -0.4 is 0 Å². The third kappa shape index (κ3) is 3.74. The molecule has 0 saturated carbocycles. The molecule has 1 aliphatic heterocycles. The van der Waals surface area contributed by atoms with Crippen LogP contribution in [0.2, 0.25) is 0 Å². The zero-order valence-corrected chi connectivity index (χ0v) is 12.8.